The van der Waals surface area contributed by atoms with Crippen molar-refractivity contribution in [3.05, 3.63) is 0 Å². The van der Waals surface area contributed by atoms with Gasteiger partial charge in [0.1, 0.15) is 4.83 Å². The zero-order chi connectivity index (χ0) is 11.5. The second kappa shape index (κ2) is 5.52. The first-order valence-corrected chi connectivity index (χ1v) is 6.43. The van der Waals surface area contributed by atoms with Gasteiger partial charge in [0.2, 0.25) is 5.12 Å². The van der Waals surface area contributed by atoms with Crippen molar-refractivity contribution in [3.8, 4) is 0 Å². The van der Waals surface area contributed by atoms with Crippen LogP contribution in [0.15, 0.2) is 0 Å². The van der Waals surface area contributed by atoms with Crippen LogP contribution in [0.4, 0.5) is 0 Å². The molecule has 0 aliphatic rings. The predicted molar refractivity (Wildman–Crippen MR) is 65.9 cm³/mol. The third kappa shape index (κ3) is 5.37. The average Bonchev–Trinajstić information content (AvgIpc) is 1.98. The molecule has 2 atom stereocenters. The summed E-state index contributed by atoms with van der Waals surface area (Å²) in [6.07, 6.45) is -0.614. The van der Waals surface area contributed by atoms with Gasteiger partial charge in [-0.3, -0.25) is 4.79 Å². The van der Waals surface area contributed by atoms with E-state index in [1.807, 2.05) is 34.6 Å². The van der Waals surface area contributed by atoms with Gasteiger partial charge in [-0.1, -0.05) is 62.3 Å². The van der Waals surface area contributed by atoms with E-state index in [4.69, 9.17) is 0 Å². The van der Waals surface area contributed by atoms with Gasteiger partial charge in [0.25, 0.3) is 0 Å². The Hall–Kier alpha value is 0.460. The summed E-state index contributed by atoms with van der Waals surface area (Å²) in [7, 11) is 0. The first kappa shape index (κ1) is 14.5. The van der Waals surface area contributed by atoms with Crippen molar-refractivity contribution in [3.63, 3.8) is 0 Å². The highest BCUT2D eigenvalue weighted by molar-refractivity contribution is 9.10. The molecule has 0 spiro atoms. The van der Waals surface area contributed by atoms with Gasteiger partial charge in [0, 0.05) is 4.75 Å². The van der Waals surface area contributed by atoms with E-state index in [2.05, 4.69) is 15.9 Å². The monoisotopic (exact) mass is 282 g/mol. The highest BCUT2D eigenvalue weighted by Crippen LogP contribution is 2.29. The van der Waals surface area contributed by atoms with Crippen molar-refractivity contribution in [2.45, 2.75) is 50.3 Å². The van der Waals surface area contributed by atoms with Gasteiger partial charge in [0.05, 0.1) is 6.10 Å². The van der Waals surface area contributed by atoms with Crippen LogP contribution >= 0.6 is 27.7 Å². The summed E-state index contributed by atoms with van der Waals surface area (Å²) in [5.41, 5.74) is 0. The van der Waals surface area contributed by atoms with Gasteiger partial charge in [-0.05, 0) is 5.92 Å². The minimum atomic E-state index is -0.614. The molecule has 0 unspecified atom stereocenters. The van der Waals surface area contributed by atoms with Crippen LogP contribution in [0.25, 0.3) is 0 Å². The molecule has 0 radical (unpaired) electrons. The number of rotatable bonds is 3. The molecule has 84 valence electrons. The standard InChI is InChI=1S/C10H19BrO2S/c1-6(2)8(12)7(11)9(13)14-10(3,4)5/h6-8,12H,1-5H3/t7-,8-/m0/s1. The molecule has 4 heteroatoms. The molecule has 2 nitrogen and oxygen atoms in total. The number of hydrogen-bond donors (Lipinski definition) is 1. The van der Waals surface area contributed by atoms with Crippen molar-refractivity contribution < 1.29 is 9.90 Å². The van der Waals surface area contributed by atoms with Gasteiger partial charge >= 0.3 is 0 Å². The topological polar surface area (TPSA) is 37.3 Å². The first-order chi connectivity index (χ1) is 6.15. The third-order valence-corrected chi connectivity index (χ3v) is 3.94. The predicted octanol–water partition coefficient (Wildman–Crippen LogP) is 2.83. The Labute approximate surface area is 99.0 Å². The molecule has 0 saturated carbocycles. The molecule has 0 bridgehead atoms. The maximum Gasteiger partial charge on any atom is 0.205 e. The average molecular weight is 283 g/mol. The van der Waals surface area contributed by atoms with Gasteiger partial charge in [-0.15, -0.1) is 0 Å². The SMILES string of the molecule is CC(C)[C@H](O)[C@H](Br)C(=O)SC(C)(C)C. The third-order valence-electron chi connectivity index (χ3n) is 1.61. The van der Waals surface area contributed by atoms with E-state index in [-0.39, 0.29) is 15.8 Å². The second-order valence-corrected chi connectivity index (χ2v) is 7.49. The molecule has 0 saturated heterocycles. The largest absolute Gasteiger partial charge is 0.391 e. The molecule has 0 aliphatic carbocycles. The number of thioether (sulfide) groups is 1. The Morgan fingerprint density at radius 3 is 2.07 bits per heavy atom. The Morgan fingerprint density at radius 2 is 1.79 bits per heavy atom. The van der Waals surface area contributed by atoms with Gasteiger partial charge in [-0.2, -0.15) is 0 Å². The van der Waals surface area contributed by atoms with Crippen molar-refractivity contribution >= 4 is 32.8 Å². The summed E-state index contributed by atoms with van der Waals surface area (Å²) in [6, 6.07) is 0. The molecule has 0 fully saturated rings. The number of carbonyl (C=O) groups is 1. The van der Waals surface area contributed by atoms with Gasteiger partial charge in [0.15, 0.2) is 0 Å². The fourth-order valence-electron chi connectivity index (χ4n) is 0.835. The van der Waals surface area contributed by atoms with Crippen LogP contribution < -0.4 is 0 Å². The molecule has 14 heavy (non-hydrogen) atoms. The molecule has 1 N–H and O–H groups in total. The summed E-state index contributed by atoms with van der Waals surface area (Å²) in [6.45, 7) is 9.74. The minimum absolute atomic E-state index is 0.00120. The molecule has 0 amide bonds. The number of aliphatic hydroxyl groups is 1. The number of alkyl halides is 1. The normalized spacial score (nSPS) is 16.9. The lowest BCUT2D eigenvalue weighted by atomic mass is 10.1. The van der Waals surface area contributed by atoms with E-state index in [0.29, 0.717) is 0 Å². The van der Waals surface area contributed by atoms with Crippen molar-refractivity contribution in [1.29, 1.82) is 0 Å². The number of halogens is 1. The molecular weight excluding hydrogens is 264 g/mol. The number of carbonyl (C=O) groups excluding carboxylic acids is 1. The molecular formula is C10H19BrO2S. The Bertz CT molecular complexity index is 199. The van der Waals surface area contributed by atoms with E-state index in [9.17, 15) is 9.90 Å². The highest BCUT2D eigenvalue weighted by atomic mass is 79.9. The van der Waals surface area contributed by atoms with Crippen LogP contribution in [-0.4, -0.2) is 25.9 Å². The Balaban J connectivity index is 4.26. The summed E-state index contributed by atoms with van der Waals surface area (Å²) in [5, 5.41) is 9.68. The molecule has 0 heterocycles. The molecule has 0 aromatic carbocycles. The zero-order valence-electron chi connectivity index (χ0n) is 9.37. The van der Waals surface area contributed by atoms with E-state index in [0.717, 1.165) is 0 Å². The molecule has 0 rings (SSSR count). The Kier molecular flexibility index (Phi) is 5.70. The second-order valence-electron chi connectivity index (χ2n) is 4.67. The van der Waals surface area contributed by atoms with Crippen LogP contribution in [0, 0.1) is 5.92 Å². The lowest BCUT2D eigenvalue weighted by Gasteiger charge is -2.23. The summed E-state index contributed by atoms with van der Waals surface area (Å²) in [4.78, 5) is 11.2. The fourth-order valence-corrected chi connectivity index (χ4v) is 2.58. The summed E-state index contributed by atoms with van der Waals surface area (Å²) in [5.74, 6) is 0.0869. The number of aliphatic hydroxyl groups excluding tert-OH is 1. The molecule has 0 aromatic rings. The van der Waals surface area contributed by atoms with E-state index >= 15 is 0 Å². The molecule has 0 aromatic heterocycles. The first-order valence-electron chi connectivity index (χ1n) is 4.70. The lowest BCUT2D eigenvalue weighted by molar-refractivity contribution is -0.112. The van der Waals surface area contributed by atoms with Crippen LogP contribution in [0.1, 0.15) is 34.6 Å². The maximum absolute atomic E-state index is 11.7. The summed E-state index contributed by atoms with van der Waals surface area (Å²) >= 11 is 4.51. The van der Waals surface area contributed by atoms with Crippen LogP contribution in [0.2, 0.25) is 0 Å². The summed E-state index contributed by atoms with van der Waals surface area (Å²) < 4.78 is -0.0974. The van der Waals surface area contributed by atoms with E-state index in [1.165, 1.54) is 11.8 Å². The van der Waals surface area contributed by atoms with Gasteiger partial charge in [-0.25, -0.2) is 0 Å². The fraction of sp³-hybridized carbons (Fsp3) is 0.900. The zero-order valence-corrected chi connectivity index (χ0v) is 11.8. The van der Waals surface area contributed by atoms with Crippen LogP contribution in [-0.2, 0) is 4.79 Å². The minimum Gasteiger partial charge on any atom is -0.391 e. The van der Waals surface area contributed by atoms with Crippen molar-refractivity contribution in [2.75, 3.05) is 0 Å². The molecule has 0 aliphatic heterocycles. The highest BCUT2D eigenvalue weighted by Gasteiger charge is 2.29. The Morgan fingerprint density at radius 1 is 1.36 bits per heavy atom. The van der Waals surface area contributed by atoms with E-state index in [1.54, 1.807) is 0 Å². The van der Waals surface area contributed by atoms with Crippen LogP contribution in [0.5, 0.6) is 0 Å². The lowest BCUT2D eigenvalue weighted by Crippen LogP contribution is -2.33. The van der Waals surface area contributed by atoms with E-state index < -0.39 is 10.9 Å². The van der Waals surface area contributed by atoms with Crippen molar-refractivity contribution in [2.24, 2.45) is 5.92 Å². The van der Waals surface area contributed by atoms with Crippen molar-refractivity contribution in [1.82, 2.24) is 0 Å². The van der Waals surface area contributed by atoms with Crippen LogP contribution in [0.3, 0.4) is 0 Å². The quantitative estimate of drug-likeness (QED) is 0.809. The van der Waals surface area contributed by atoms with Gasteiger partial charge < -0.3 is 5.11 Å². The maximum atomic E-state index is 11.7. The number of hydrogen-bond acceptors (Lipinski definition) is 3. The smallest absolute Gasteiger partial charge is 0.205 e.